The second kappa shape index (κ2) is 10.6. The molecule has 5 aliphatic rings. The number of aromatic nitrogens is 3. The highest BCUT2D eigenvalue weighted by Crippen LogP contribution is 2.60. The first-order valence-electron chi connectivity index (χ1n) is 17.5. The van der Waals surface area contributed by atoms with E-state index in [9.17, 15) is 9.59 Å². The first-order chi connectivity index (χ1) is 23.4. The van der Waals surface area contributed by atoms with E-state index in [1.807, 2.05) is 29.2 Å². The highest BCUT2D eigenvalue weighted by Gasteiger charge is 2.61. The van der Waals surface area contributed by atoms with Gasteiger partial charge in [-0.1, -0.05) is 41.9 Å². The Hall–Kier alpha value is -4.30. The van der Waals surface area contributed by atoms with E-state index >= 15 is 0 Å². The van der Waals surface area contributed by atoms with Crippen LogP contribution in [-0.2, 0) is 13.1 Å². The smallest absolute Gasteiger partial charge is 0.255 e. The van der Waals surface area contributed by atoms with Crippen molar-refractivity contribution in [3.05, 3.63) is 82.9 Å². The molecule has 5 fully saturated rings. The Balaban J connectivity index is 1.05. The maximum atomic E-state index is 14.0. The van der Waals surface area contributed by atoms with E-state index in [1.165, 1.54) is 30.2 Å². The predicted octanol–water partition coefficient (Wildman–Crippen LogP) is 6.98. The number of carbonyl (C=O) groups is 2. The van der Waals surface area contributed by atoms with Gasteiger partial charge in [-0.05, 0) is 85.8 Å². The fraction of sp³-hybridized carbons (Fsp3) is 0.410. The number of para-hydroxylation sites is 1. The summed E-state index contributed by atoms with van der Waals surface area (Å²) in [7, 11) is 1.68. The van der Waals surface area contributed by atoms with Crippen molar-refractivity contribution >= 4 is 45.4 Å². The Morgan fingerprint density at radius 2 is 1.67 bits per heavy atom. The van der Waals surface area contributed by atoms with Gasteiger partial charge < -0.3 is 23.7 Å². The fourth-order valence-electron chi connectivity index (χ4n) is 9.31. The second-order valence-corrected chi connectivity index (χ2v) is 15.3. The van der Waals surface area contributed by atoms with Crippen LogP contribution in [0.15, 0.2) is 66.7 Å². The molecule has 3 aromatic carbocycles. The molecule has 48 heavy (non-hydrogen) atoms. The summed E-state index contributed by atoms with van der Waals surface area (Å²) in [5.74, 6) is 4.72. The van der Waals surface area contributed by atoms with Gasteiger partial charge in [-0.3, -0.25) is 9.59 Å². The summed E-state index contributed by atoms with van der Waals surface area (Å²) in [6.07, 6.45) is 4.92. The molecular formula is C39H38ClN5O3. The van der Waals surface area contributed by atoms with E-state index in [0.29, 0.717) is 65.3 Å². The van der Waals surface area contributed by atoms with Gasteiger partial charge in [-0.2, -0.15) is 0 Å². The third kappa shape index (κ3) is 4.30. The Labute approximate surface area is 284 Å². The number of fused-ring (bicyclic) bond motifs is 2. The van der Waals surface area contributed by atoms with E-state index in [-0.39, 0.29) is 17.7 Å². The largest absolute Gasteiger partial charge is 0.494 e. The summed E-state index contributed by atoms with van der Waals surface area (Å²) >= 11 is 6.37. The molecule has 3 saturated carbocycles. The van der Waals surface area contributed by atoms with Gasteiger partial charge in [0.15, 0.2) is 5.82 Å². The van der Waals surface area contributed by atoms with Crippen LogP contribution >= 0.6 is 11.6 Å². The molecule has 10 rings (SSSR count). The van der Waals surface area contributed by atoms with Crippen LogP contribution in [0.4, 0.5) is 0 Å². The van der Waals surface area contributed by atoms with Crippen LogP contribution in [0.2, 0.25) is 5.02 Å². The SMILES string of the molecule is COc1cc(C(=O)N2CC3CC4CC2[C@H]43)cc2nc(-c3cc4ccccc4n3CC3CC3)n(CC3CN(C(=O)c4ccccc4Cl)C3)c12. The quantitative estimate of drug-likeness (QED) is 0.180. The number of hydrogen-bond acceptors (Lipinski definition) is 4. The number of benzene rings is 3. The molecular weight excluding hydrogens is 622 g/mol. The van der Waals surface area contributed by atoms with E-state index in [0.717, 1.165) is 48.0 Å². The van der Waals surface area contributed by atoms with E-state index in [2.05, 4.69) is 44.4 Å². The topological polar surface area (TPSA) is 72.6 Å². The number of likely N-dealkylation sites (tertiary alicyclic amines) is 2. The van der Waals surface area contributed by atoms with Gasteiger partial charge in [0.05, 0.1) is 28.9 Å². The van der Waals surface area contributed by atoms with Crippen LogP contribution in [0, 0.1) is 29.6 Å². The summed E-state index contributed by atoms with van der Waals surface area (Å²) in [5, 5.41) is 1.67. The van der Waals surface area contributed by atoms with Crippen LogP contribution in [-0.4, -0.2) is 68.5 Å². The maximum Gasteiger partial charge on any atom is 0.255 e. The summed E-state index contributed by atoms with van der Waals surface area (Å²) in [6, 6.07) is 22.4. The third-order valence-electron chi connectivity index (χ3n) is 12.0. The van der Waals surface area contributed by atoms with Crippen LogP contribution in [0.25, 0.3) is 33.5 Å². The Kier molecular flexibility index (Phi) is 6.33. The highest BCUT2D eigenvalue weighted by atomic mass is 35.5. The molecule has 2 aliphatic heterocycles. The number of ether oxygens (including phenoxy) is 1. The first kappa shape index (κ1) is 28.7. The van der Waals surface area contributed by atoms with E-state index < -0.39 is 0 Å². The molecule has 5 aromatic rings. The van der Waals surface area contributed by atoms with Crippen molar-refractivity contribution in [1.29, 1.82) is 0 Å². The molecule has 2 aromatic heterocycles. The lowest BCUT2D eigenvalue weighted by atomic mass is 9.53. The summed E-state index contributed by atoms with van der Waals surface area (Å²) in [6.45, 7) is 3.76. The molecule has 2 amide bonds. The molecule has 244 valence electrons. The number of methoxy groups -OCH3 is 1. The van der Waals surface area contributed by atoms with E-state index in [1.54, 1.807) is 19.2 Å². The zero-order valence-electron chi connectivity index (χ0n) is 27.0. The molecule has 4 heterocycles. The molecule has 4 atom stereocenters. The summed E-state index contributed by atoms with van der Waals surface area (Å²) < 4.78 is 10.8. The van der Waals surface area contributed by atoms with Gasteiger partial charge in [0, 0.05) is 61.1 Å². The molecule has 3 unspecified atom stereocenters. The van der Waals surface area contributed by atoms with Crippen LogP contribution in [0.3, 0.4) is 0 Å². The molecule has 9 heteroatoms. The molecule has 2 saturated heterocycles. The first-order valence-corrected chi connectivity index (χ1v) is 17.8. The van der Waals surface area contributed by atoms with Crippen molar-refractivity contribution < 1.29 is 14.3 Å². The number of imidazole rings is 1. The minimum atomic E-state index is -0.0361. The van der Waals surface area contributed by atoms with Gasteiger partial charge in [0.2, 0.25) is 0 Å². The van der Waals surface area contributed by atoms with Crippen molar-refractivity contribution in [2.45, 2.75) is 44.8 Å². The van der Waals surface area contributed by atoms with Crippen molar-refractivity contribution in [3.63, 3.8) is 0 Å². The van der Waals surface area contributed by atoms with Crippen LogP contribution < -0.4 is 4.74 Å². The lowest BCUT2D eigenvalue weighted by molar-refractivity contribution is -0.0204. The number of hydrogen-bond donors (Lipinski definition) is 0. The van der Waals surface area contributed by atoms with Gasteiger partial charge in [0.25, 0.3) is 11.8 Å². The summed E-state index contributed by atoms with van der Waals surface area (Å²) in [5.41, 5.74) is 5.15. The number of amides is 2. The molecule has 3 aliphatic carbocycles. The molecule has 0 radical (unpaired) electrons. The fourth-order valence-corrected chi connectivity index (χ4v) is 9.53. The zero-order chi connectivity index (χ0) is 32.3. The molecule has 0 N–H and O–H groups in total. The summed E-state index contributed by atoms with van der Waals surface area (Å²) in [4.78, 5) is 36.7. The third-order valence-corrected chi connectivity index (χ3v) is 12.3. The maximum absolute atomic E-state index is 14.0. The number of carbonyl (C=O) groups excluding carboxylic acids is 2. The molecule has 8 nitrogen and oxygen atoms in total. The van der Waals surface area contributed by atoms with Gasteiger partial charge in [-0.15, -0.1) is 0 Å². The standard InChI is InChI=1S/C39H38ClN5O3/c1-48-34-16-26(38(46)44-21-27-12-25-15-32(44)35(25)27)13-30-36(34)45(20-23-17-42(18-23)39(47)28-7-3-4-8-29(28)40)37(41-30)33-14-24-6-2-5-9-31(24)43(33)19-22-10-11-22/h2-9,13-14,16,22-23,25,27,32,35H,10-12,15,17-21H2,1H3/t25?,27?,32?,35-/m1/s1. The van der Waals surface area contributed by atoms with Crippen molar-refractivity contribution in [2.75, 3.05) is 26.7 Å². The van der Waals surface area contributed by atoms with Crippen LogP contribution in [0.1, 0.15) is 46.4 Å². The van der Waals surface area contributed by atoms with Crippen molar-refractivity contribution in [3.8, 4) is 17.3 Å². The van der Waals surface area contributed by atoms with E-state index in [4.69, 9.17) is 21.3 Å². The average molecular weight is 660 g/mol. The minimum Gasteiger partial charge on any atom is -0.494 e. The lowest BCUT2D eigenvalue weighted by Gasteiger charge is -2.52. The number of halogens is 1. The van der Waals surface area contributed by atoms with Gasteiger partial charge >= 0.3 is 0 Å². The Bertz CT molecular complexity index is 2140. The zero-order valence-corrected chi connectivity index (χ0v) is 27.8. The molecule has 0 bridgehead atoms. The molecule has 0 spiro atoms. The van der Waals surface area contributed by atoms with Crippen LogP contribution in [0.5, 0.6) is 5.75 Å². The minimum absolute atomic E-state index is 0.0361. The average Bonchev–Trinajstić information content (AvgIpc) is 3.72. The van der Waals surface area contributed by atoms with Crippen molar-refractivity contribution in [1.82, 2.24) is 23.9 Å². The van der Waals surface area contributed by atoms with Gasteiger partial charge in [0.1, 0.15) is 11.3 Å². The predicted molar refractivity (Wildman–Crippen MR) is 185 cm³/mol. The lowest BCUT2D eigenvalue weighted by Crippen LogP contribution is -2.53. The monoisotopic (exact) mass is 659 g/mol. The number of nitrogens with zero attached hydrogens (tertiary/aromatic N) is 5. The second-order valence-electron chi connectivity index (χ2n) is 14.9. The highest BCUT2D eigenvalue weighted by molar-refractivity contribution is 6.33. The van der Waals surface area contributed by atoms with Gasteiger partial charge in [-0.25, -0.2) is 4.98 Å². The Morgan fingerprint density at radius 1 is 0.875 bits per heavy atom. The number of rotatable bonds is 8. The Morgan fingerprint density at radius 3 is 2.44 bits per heavy atom. The normalized spacial score (nSPS) is 24.4. The van der Waals surface area contributed by atoms with Crippen molar-refractivity contribution in [2.24, 2.45) is 29.6 Å².